The quantitative estimate of drug-likeness (QED) is 0.854. The average Bonchev–Trinajstić information content (AvgIpc) is 3.17. The second-order valence-electron chi connectivity index (χ2n) is 5.78. The molecule has 0 bridgehead atoms. The van der Waals surface area contributed by atoms with Crippen LogP contribution in [0, 0.1) is 17.8 Å². The van der Waals surface area contributed by atoms with Gasteiger partial charge < -0.3 is 10.0 Å². The van der Waals surface area contributed by atoms with Gasteiger partial charge in [-0.3, -0.25) is 4.90 Å². The van der Waals surface area contributed by atoms with Crippen molar-refractivity contribution in [2.75, 3.05) is 39.3 Å². The largest absolute Gasteiger partial charge is 0.384 e. The van der Waals surface area contributed by atoms with E-state index < -0.39 is 0 Å². The molecule has 0 spiro atoms. The van der Waals surface area contributed by atoms with Gasteiger partial charge in [0.05, 0.1) is 0 Å². The van der Waals surface area contributed by atoms with Crippen LogP contribution in [-0.4, -0.2) is 54.2 Å². The molecule has 2 fully saturated rings. The topological polar surface area (TPSA) is 26.7 Å². The number of piperazine rings is 1. The van der Waals surface area contributed by atoms with Crippen LogP contribution in [0.3, 0.4) is 0 Å². The molecule has 1 aliphatic carbocycles. The predicted molar refractivity (Wildman–Crippen MR) is 82.7 cm³/mol. The summed E-state index contributed by atoms with van der Waals surface area (Å²) in [5.74, 6) is 6.68. The van der Waals surface area contributed by atoms with Gasteiger partial charge in [0.25, 0.3) is 0 Å². The lowest BCUT2D eigenvalue weighted by molar-refractivity contribution is 0.124. The summed E-state index contributed by atoms with van der Waals surface area (Å²) >= 11 is 1.78. The van der Waals surface area contributed by atoms with Crippen molar-refractivity contribution in [3.05, 3.63) is 21.9 Å². The monoisotopic (exact) mass is 290 g/mol. The lowest BCUT2D eigenvalue weighted by Crippen LogP contribution is -2.46. The zero-order valence-corrected chi connectivity index (χ0v) is 12.7. The molecule has 0 atom stereocenters. The van der Waals surface area contributed by atoms with E-state index in [-0.39, 0.29) is 6.61 Å². The standard InChI is InChI=1S/C16H22N2OS/c19-9-1-2-15-10-16(20-13-15)12-18-7-5-17(6-8-18)11-14-3-4-14/h10,13-14,19H,3-9,11-12H2. The van der Waals surface area contributed by atoms with Crippen LogP contribution in [0.5, 0.6) is 0 Å². The van der Waals surface area contributed by atoms with Crippen molar-refractivity contribution in [2.24, 2.45) is 5.92 Å². The molecule has 4 heteroatoms. The summed E-state index contributed by atoms with van der Waals surface area (Å²) in [6.07, 6.45) is 2.90. The number of aliphatic hydroxyl groups excluding tert-OH is 1. The molecular formula is C16H22N2OS. The third-order valence-corrected chi connectivity index (χ3v) is 4.94. The molecule has 1 saturated carbocycles. The Hall–Kier alpha value is -0.860. The Morgan fingerprint density at radius 1 is 1.20 bits per heavy atom. The number of hydrogen-bond acceptors (Lipinski definition) is 4. The van der Waals surface area contributed by atoms with Gasteiger partial charge in [-0.2, -0.15) is 0 Å². The van der Waals surface area contributed by atoms with E-state index in [1.165, 1.54) is 50.4 Å². The molecule has 3 nitrogen and oxygen atoms in total. The van der Waals surface area contributed by atoms with Crippen LogP contribution >= 0.6 is 11.3 Å². The Kier molecular flexibility index (Phi) is 4.74. The van der Waals surface area contributed by atoms with E-state index in [1.807, 2.05) is 0 Å². The van der Waals surface area contributed by atoms with E-state index in [1.54, 1.807) is 11.3 Å². The maximum absolute atomic E-state index is 8.70. The van der Waals surface area contributed by atoms with Crippen LogP contribution in [0.25, 0.3) is 0 Å². The lowest BCUT2D eigenvalue weighted by Gasteiger charge is -2.34. The SMILES string of the molecule is OCC#Cc1csc(CN2CCN(CC3CC3)CC2)c1. The van der Waals surface area contributed by atoms with E-state index in [2.05, 4.69) is 33.1 Å². The maximum Gasteiger partial charge on any atom is 0.104 e. The van der Waals surface area contributed by atoms with Crippen molar-refractivity contribution in [3.8, 4) is 11.8 Å². The van der Waals surface area contributed by atoms with Crippen LogP contribution in [0.2, 0.25) is 0 Å². The summed E-state index contributed by atoms with van der Waals surface area (Å²) in [5.41, 5.74) is 1.03. The molecule has 1 N–H and O–H groups in total. The first-order valence-corrected chi connectivity index (χ1v) is 8.33. The number of nitrogens with zero attached hydrogens (tertiary/aromatic N) is 2. The fourth-order valence-electron chi connectivity index (χ4n) is 2.69. The van der Waals surface area contributed by atoms with E-state index in [9.17, 15) is 0 Å². The zero-order valence-electron chi connectivity index (χ0n) is 11.8. The van der Waals surface area contributed by atoms with Crippen molar-refractivity contribution < 1.29 is 5.11 Å². The highest BCUT2D eigenvalue weighted by molar-refractivity contribution is 7.10. The Morgan fingerprint density at radius 2 is 1.95 bits per heavy atom. The van der Waals surface area contributed by atoms with E-state index in [0.717, 1.165) is 18.0 Å². The minimum atomic E-state index is -0.0614. The molecule has 0 radical (unpaired) electrons. The molecule has 1 aliphatic heterocycles. The Balaban J connectivity index is 1.45. The lowest BCUT2D eigenvalue weighted by atomic mass is 10.2. The molecule has 2 heterocycles. The number of aliphatic hydroxyl groups is 1. The fourth-order valence-corrected chi connectivity index (χ4v) is 3.54. The van der Waals surface area contributed by atoms with Gasteiger partial charge in [0.15, 0.2) is 0 Å². The van der Waals surface area contributed by atoms with Crippen molar-refractivity contribution in [1.82, 2.24) is 9.80 Å². The van der Waals surface area contributed by atoms with Gasteiger partial charge in [0.1, 0.15) is 6.61 Å². The number of hydrogen-bond donors (Lipinski definition) is 1. The molecule has 0 unspecified atom stereocenters. The van der Waals surface area contributed by atoms with Crippen molar-refractivity contribution >= 4 is 11.3 Å². The van der Waals surface area contributed by atoms with E-state index in [4.69, 9.17) is 5.11 Å². The van der Waals surface area contributed by atoms with Gasteiger partial charge >= 0.3 is 0 Å². The first kappa shape index (κ1) is 14.1. The Morgan fingerprint density at radius 3 is 2.65 bits per heavy atom. The summed E-state index contributed by atoms with van der Waals surface area (Å²) in [5, 5.41) is 10.8. The Labute approximate surface area is 125 Å². The molecule has 1 saturated heterocycles. The van der Waals surface area contributed by atoms with Crippen LogP contribution in [0.15, 0.2) is 11.4 Å². The second-order valence-corrected chi connectivity index (χ2v) is 6.78. The molecular weight excluding hydrogens is 268 g/mol. The normalized spacial score (nSPS) is 20.6. The molecule has 1 aromatic rings. The third-order valence-electron chi connectivity index (χ3n) is 4.02. The Bertz CT molecular complexity index is 490. The second kappa shape index (κ2) is 6.73. The van der Waals surface area contributed by atoms with Crippen molar-refractivity contribution in [2.45, 2.75) is 19.4 Å². The fraction of sp³-hybridized carbons (Fsp3) is 0.625. The van der Waals surface area contributed by atoms with Crippen molar-refractivity contribution in [1.29, 1.82) is 0 Å². The summed E-state index contributed by atoms with van der Waals surface area (Å²) in [6, 6.07) is 2.16. The van der Waals surface area contributed by atoms with Gasteiger partial charge in [-0.05, 0) is 24.8 Å². The smallest absolute Gasteiger partial charge is 0.104 e. The van der Waals surface area contributed by atoms with E-state index in [0.29, 0.717) is 0 Å². The molecule has 1 aromatic heterocycles. The van der Waals surface area contributed by atoms with E-state index >= 15 is 0 Å². The minimum absolute atomic E-state index is 0.0614. The van der Waals surface area contributed by atoms with Gasteiger partial charge in [-0.1, -0.05) is 11.8 Å². The summed E-state index contributed by atoms with van der Waals surface area (Å²) < 4.78 is 0. The number of rotatable bonds is 4. The zero-order chi connectivity index (χ0) is 13.8. The number of thiophene rings is 1. The maximum atomic E-state index is 8.70. The average molecular weight is 290 g/mol. The summed E-state index contributed by atoms with van der Waals surface area (Å²) in [7, 11) is 0. The van der Waals surface area contributed by atoms with Crippen LogP contribution < -0.4 is 0 Å². The molecule has 108 valence electrons. The first-order chi connectivity index (χ1) is 9.83. The highest BCUT2D eigenvalue weighted by Gasteiger charge is 2.26. The van der Waals surface area contributed by atoms with Gasteiger partial charge in [-0.15, -0.1) is 11.3 Å². The van der Waals surface area contributed by atoms with Gasteiger partial charge in [-0.25, -0.2) is 0 Å². The van der Waals surface area contributed by atoms with Crippen LogP contribution in [0.4, 0.5) is 0 Å². The first-order valence-electron chi connectivity index (χ1n) is 7.45. The summed E-state index contributed by atoms with van der Waals surface area (Å²) in [4.78, 5) is 6.54. The van der Waals surface area contributed by atoms with Crippen molar-refractivity contribution in [3.63, 3.8) is 0 Å². The van der Waals surface area contributed by atoms with Crippen LogP contribution in [-0.2, 0) is 6.54 Å². The van der Waals surface area contributed by atoms with Gasteiger partial charge in [0.2, 0.25) is 0 Å². The third kappa shape index (κ3) is 4.07. The predicted octanol–water partition coefficient (Wildman–Crippen LogP) is 1.62. The molecule has 3 rings (SSSR count). The molecule has 0 aromatic carbocycles. The highest BCUT2D eigenvalue weighted by atomic mass is 32.1. The summed E-state index contributed by atoms with van der Waals surface area (Å²) in [6.45, 7) is 7.12. The van der Waals surface area contributed by atoms with Gasteiger partial charge in [0, 0.05) is 55.1 Å². The highest BCUT2D eigenvalue weighted by Crippen LogP contribution is 2.30. The van der Waals surface area contributed by atoms with Crippen LogP contribution in [0.1, 0.15) is 23.3 Å². The molecule has 20 heavy (non-hydrogen) atoms. The minimum Gasteiger partial charge on any atom is -0.384 e. The molecule has 0 amide bonds. The molecule has 2 aliphatic rings.